The lowest BCUT2D eigenvalue weighted by Gasteiger charge is -2.27. The Bertz CT molecular complexity index is 1450. The van der Waals surface area contributed by atoms with E-state index in [4.69, 9.17) is 4.74 Å². The SMILES string of the molecule is COc1ccc(S(=O)(=O)Nc2cccc(NC(=O)c3ccc(C(C)(C)C)cc3)c2)cc1C(=O)N1CCCCC1. The minimum atomic E-state index is -4.03. The maximum absolute atomic E-state index is 13.3. The number of ether oxygens (including phenoxy) is 1. The van der Waals surface area contributed by atoms with Crippen LogP contribution in [0.4, 0.5) is 11.4 Å². The summed E-state index contributed by atoms with van der Waals surface area (Å²) in [7, 11) is -2.58. The Morgan fingerprint density at radius 1 is 0.872 bits per heavy atom. The summed E-state index contributed by atoms with van der Waals surface area (Å²) in [5.74, 6) is -0.222. The number of anilines is 2. The summed E-state index contributed by atoms with van der Waals surface area (Å²) in [6.07, 6.45) is 2.91. The molecular formula is C30H35N3O5S. The number of rotatable bonds is 7. The predicted molar refractivity (Wildman–Crippen MR) is 153 cm³/mol. The fourth-order valence-electron chi connectivity index (χ4n) is 4.49. The van der Waals surface area contributed by atoms with Gasteiger partial charge in [-0.05, 0) is 78.8 Å². The van der Waals surface area contributed by atoms with Crippen LogP contribution in [0, 0.1) is 0 Å². The summed E-state index contributed by atoms with van der Waals surface area (Å²) in [5.41, 5.74) is 2.52. The predicted octanol–water partition coefficient (Wildman–Crippen LogP) is 5.67. The monoisotopic (exact) mass is 549 g/mol. The number of nitrogens with one attached hydrogen (secondary N) is 2. The van der Waals surface area contributed by atoms with Gasteiger partial charge in [0.05, 0.1) is 23.3 Å². The molecule has 2 N–H and O–H groups in total. The Hall–Kier alpha value is -3.85. The first-order chi connectivity index (χ1) is 18.5. The van der Waals surface area contributed by atoms with Gasteiger partial charge >= 0.3 is 0 Å². The number of nitrogens with zero attached hydrogens (tertiary/aromatic N) is 1. The van der Waals surface area contributed by atoms with Crippen molar-refractivity contribution in [3.63, 3.8) is 0 Å². The molecule has 0 radical (unpaired) electrons. The van der Waals surface area contributed by atoms with Gasteiger partial charge in [0.1, 0.15) is 5.75 Å². The fourth-order valence-corrected chi connectivity index (χ4v) is 5.56. The van der Waals surface area contributed by atoms with Crippen molar-refractivity contribution in [1.82, 2.24) is 4.90 Å². The molecule has 1 heterocycles. The van der Waals surface area contributed by atoms with E-state index in [0.29, 0.717) is 30.1 Å². The number of methoxy groups -OCH3 is 1. The van der Waals surface area contributed by atoms with Crippen molar-refractivity contribution in [3.8, 4) is 5.75 Å². The lowest BCUT2D eigenvalue weighted by Crippen LogP contribution is -2.35. The van der Waals surface area contributed by atoms with Crippen molar-refractivity contribution < 1.29 is 22.7 Å². The van der Waals surface area contributed by atoms with Crippen LogP contribution in [0.1, 0.15) is 66.3 Å². The summed E-state index contributed by atoms with van der Waals surface area (Å²) in [4.78, 5) is 27.6. The van der Waals surface area contributed by atoms with Gasteiger partial charge in [-0.2, -0.15) is 0 Å². The molecule has 2 amide bonds. The molecule has 0 unspecified atom stereocenters. The maximum Gasteiger partial charge on any atom is 0.261 e. The average Bonchev–Trinajstić information content (AvgIpc) is 2.92. The first-order valence-corrected chi connectivity index (χ1v) is 14.5. The first-order valence-electron chi connectivity index (χ1n) is 13.0. The molecule has 3 aromatic carbocycles. The number of carbonyl (C=O) groups excluding carboxylic acids is 2. The zero-order valence-electron chi connectivity index (χ0n) is 22.8. The van der Waals surface area contributed by atoms with E-state index < -0.39 is 10.0 Å². The molecule has 3 aromatic rings. The van der Waals surface area contributed by atoms with Crippen molar-refractivity contribution in [1.29, 1.82) is 0 Å². The Balaban J connectivity index is 1.51. The molecule has 0 aliphatic carbocycles. The molecule has 0 atom stereocenters. The Morgan fingerprint density at radius 3 is 2.18 bits per heavy atom. The topological polar surface area (TPSA) is 105 Å². The number of hydrogen-bond acceptors (Lipinski definition) is 5. The van der Waals surface area contributed by atoms with Crippen LogP contribution in [0.25, 0.3) is 0 Å². The number of hydrogen-bond donors (Lipinski definition) is 2. The van der Waals surface area contributed by atoms with Gasteiger partial charge in [0, 0.05) is 24.3 Å². The van der Waals surface area contributed by atoms with Crippen LogP contribution in [-0.4, -0.2) is 45.3 Å². The van der Waals surface area contributed by atoms with Crippen LogP contribution >= 0.6 is 0 Å². The third-order valence-corrected chi connectivity index (χ3v) is 8.12. The highest BCUT2D eigenvalue weighted by Gasteiger charge is 2.25. The Kier molecular flexibility index (Phi) is 8.30. The van der Waals surface area contributed by atoms with Crippen molar-refractivity contribution in [2.75, 3.05) is 30.2 Å². The third-order valence-electron chi connectivity index (χ3n) is 6.74. The molecule has 1 saturated heterocycles. The molecule has 0 aromatic heterocycles. The molecule has 9 heteroatoms. The lowest BCUT2D eigenvalue weighted by molar-refractivity contribution is 0.0720. The van der Waals surface area contributed by atoms with Gasteiger partial charge in [0.25, 0.3) is 21.8 Å². The number of sulfonamides is 1. The summed E-state index contributed by atoms with van der Waals surface area (Å²) in [6.45, 7) is 7.59. The molecule has 1 fully saturated rings. The second-order valence-corrected chi connectivity index (χ2v) is 12.4. The van der Waals surface area contributed by atoms with E-state index in [9.17, 15) is 18.0 Å². The summed E-state index contributed by atoms with van der Waals surface area (Å²) < 4.78 is 34.4. The van der Waals surface area contributed by atoms with E-state index in [2.05, 4.69) is 30.8 Å². The van der Waals surface area contributed by atoms with Gasteiger partial charge in [-0.25, -0.2) is 8.42 Å². The molecule has 0 bridgehead atoms. The molecule has 1 aliphatic rings. The number of amides is 2. The molecule has 39 heavy (non-hydrogen) atoms. The van der Waals surface area contributed by atoms with Crippen LogP contribution < -0.4 is 14.8 Å². The largest absolute Gasteiger partial charge is 0.496 e. The highest BCUT2D eigenvalue weighted by Crippen LogP contribution is 2.27. The molecule has 0 spiro atoms. The zero-order chi connectivity index (χ0) is 28.2. The van der Waals surface area contributed by atoms with E-state index in [1.807, 2.05) is 12.1 Å². The van der Waals surface area contributed by atoms with Crippen LogP contribution in [-0.2, 0) is 15.4 Å². The second kappa shape index (κ2) is 11.5. The molecule has 0 saturated carbocycles. The molecule has 1 aliphatic heterocycles. The molecular weight excluding hydrogens is 514 g/mol. The quantitative estimate of drug-likeness (QED) is 0.395. The van der Waals surface area contributed by atoms with Crippen LogP contribution in [0.5, 0.6) is 5.75 Å². The van der Waals surface area contributed by atoms with Crippen molar-refractivity contribution in [2.45, 2.75) is 50.3 Å². The molecule has 8 nitrogen and oxygen atoms in total. The van der Waals surface area contributed by atoms with E-state index in [0.717, 1.165) is 24.8 Å². The summed E-state index contributed by atoms with van der Waals surface area (Å²) >= 11 is 0. The van der Waals surface area contributed by atoms with Gasteiger partial charge in [-0.3, -0.25) is 14.3 Å². The molecule has 4 rings (SSSR count). The molecule has 206 valence electrons. The standard InChI is InChI=1S/C30H35N3O5S/c1-30(2,3)22-13-11-21(12-14-22)28(34)31-23-9-8-10-24(19-23)32-39(36,37)25-15-16-27(38-4)26(20-25)29(35)33-17-6-5-7-18-33/h8-16,19-20,32H,5-7,17-18H2,1-4H3,(H,31,34). The minimum Gasteiger partial charge on any atom is -0.496 e. The van der Waals surface area contributed by atoms with E-state index in [-0.39, 0.29) is 33.4 Å². The zero-order valence-corrected chi connectivity index (χ0v) is 23.6. The minimum absolute atomic E-state index is 0.0218. The summed E-state index contributed by atoms with van der Waals surface area (Å²) in [5, 5.41) is 2.82. The van der Waals surface area contributed by atoms with Crippen molar-refractivity contribution in [3.05, 3.63) is 83.4 Å². The number of benzene rings is 3. The van der Waals surface area contributed by atoms with Crippen LogP contribution in [0.3, 0.4) is 0 Å². The van der Waals surface area contributed by atoms with Gasteiger partial charge < -0.3 is 15.0 Å². The smallest absolute Gasteiger partial charge is 0.261 e. The van der Waals surface area contributed by atoms with Crippen molar-refractivity contribution in [2.24, 2.45) is 0 Å². The van der Waals surface area contributed by atoms with Gasteiger partial charge in [0.15, 0.2) is 0 Å². The van der Waals surface area contributed by atoms with Crippen LogP contribution in [0.15, 0.2) is 71.6 Å². The Morgan fingerprint density at radius 2 is 1.54 bits per heavy atom. The highest BCUT2D eigenvalue weighted by molar-refractivity contribution is 7.92. The van der Waals surface area contributed by atoms with E-state index in [1.54, 1.807) is 41.3 Å². The normalized spacial score (nSPS) is 14.0. The highest BCUT2D eigenvalue weighted by atomic mass is 32.2. The average molecular weight is 550 g/mol. The first kappa shape index (κ1) is 28.2. The fraction of sp³-hybridized carbons (Fsp3) is 0.333. The van der Waals surface area contributed by atoms with Gasteiger partial charge in [0.2, 0.25) is 0 Å². The van der Waals surface area contributed by atoms with E-state index in [1.165, 1.54) is 25.3 Å². The van der Waals surface area contributed by atoms with Gasteiger partial charge in [-0.15, -0.1) is 0 Å². The summed E-state index contributed by atoms with van der Waals surface area (Å²) in [6, 6.07) is 18.1. The second-order valence-electron chi connectivity index (χ2n) is 10.7. The number of piperidine rings is 1. The van der Waals surface area contributed by atoms with Crippen molar-refractivity contribution >= 4 is 33.2 Å². The van der Waals surface area contributed by atoms with Crippen LogP contribution in [0.2, 0.25) is 0 Å². The van der Waals surface area contributed by atoms with E-state index >= 15 is 0 Å². The third kappa shape index (κ3) is 6.78. The van der Waals surface area contributed by atoms with Gasteiger partial charge in [-0.1, -0.05) is 39.0 Å². The lowest BCUT2D eigenvalue weighted by atomic mass is 9.87. The number of carbonyl (C=O) groups is 2. The maximum atomic E-state index is 13.3. The number of likely N-dealkylation sites (tertiary alicyclic amines) is 1. The Labute approximate surface area is 230 Å².